The fourth-order valence-electron chi connectivity index (χ4n) is 0.661. The molecule has 0 bridgehead atoms. The van der Waals surface area contributed by atoms with Crippen molar-refractivity contribution in [2.75, 3.05) is 6.67 Å². The van der Waals surface area contributed by atoms with Gasteiger partial charge in [-0.25, -0.2) is 0 Å². The maximum Gasteiger partial charge on any atom is 0.108 e. The lowest BCUT2D eigenvalue weighted by molar-refractivity contribution is 0.819. The summed E-state index contributed by atoms with van der Waals surface area (Å²) in [5, 5.41) is 9.88. The molecule has 0 amide bonds. The highest BCUT2D eigenvalue weighted by Gasteiger charge is 1.96. The Bertz CT molecular complexity index is 179. The fourth-order valence-corrected chi connectivity index (χ4v) is 0.661. The lowest BCUT2D eigenvalue weighted by Gasteiger charge is -2.08. The lowest BCUT2D eigenvalue weighted by atomic mass is 10.3. The quantitative estimate of drug-likeness (QED) is 0.491. The van der Waals surface area contributed by atoms with E-state index in [0.29, 0.717) is 6.67 Å². The second kappa shape index (κ2) is 2.44. The first-order valence-corrected chi connectivity index (χ1v) is 2.80. The van der Waals surface area contributed by atoms with Crippen LogP contribution in [0.25, 0.3) is 0 Å². The topological polar surface area (TPSA) is 48.2 Å². The average molecular weight is 123 g/mol. The summed E-state index contributed by atoms with van der Waals surface area (Å²) >= 11 is 0. The molecule has 0 spiro atoms. The van der Waals surface area contributed by atoms with Gasteiger partial charge in [-0.3, -0.25) is 4.99 Å². The van der Waals surface area contributed by atoms with Gasteiger partial charge in [0.1, 0.15) is 6.67 Å². The van der Waals surface area contributed by atoms with Crippen LogP contribution in [0.15, 0.2) is 16.8 Å². The largest absolute Gasteiger partial charge is 0.370 e. The van der Waals surface area contributed by atoms with Gasteiger partial charge >= 0.3 is 0 Å². The van der Waals surface area contributed by atoms with E-state index in [9.17, 15) is 0 Å². The van der Waals surface area contributed by atoms with Crippen molar-refractivity contribution in [1.82, 2.24) is 5.32 Å². The number of hydrogen-bond donors (Lipinski definition) is 2. The van der Waals surface area contributed by atoms with E-state index < -0.39 is 0 Å². The Morgan fingerprint density at radius 2 is 2.67 bits per heavy atom. The number of aliphatic imine (C=N–C) groups is 1. The van der Waals surface area contributed by atoms with Crippen LogP contribution in [0.4, 0.5) is 0 Å². The van der Waals surface area contributed by atoms with Crippen molar-refractivity contribution in [3.8, 4) is 0 Å². The molecule has 48 valence electrons. The number of nitrogens with zero attached hydrogens (tertiary/aromatic N) is 1. The molecule has 0 aromatic rings. The summed E-state index contributed by atoms with van der Waals surface area (Å²) in [5.41, 5.74) is 1.81. The molecule has 0 saturated carbocycles. The van der Waals surface area contributed by atoms with Crippen molar-refractivity contribution in [1.29, 1.82) is 5.41 Å². The molecule has 0 saturated heterocycles. The summed E-state index contributed by atoms with van der Waals surface area (Å²) in [6, 6.07) is 0. The summed E-state index contributed by atoms with van der Waals surface area (Å²) in [6.07, 6.45) is 3.10. The lowest BCUT2D eigenvalue weighted by Crippen LogP contribution is -2.18. The van der Waals surface area contributed by atoms with E-state index in [4.69, 9.17) is 5.41 Å². The third-order valence-corrected chi connectivity index (χ3v) is 1.13. The molecule has 2 N–H and O–H groups in total. The zero-order valence-electron chi connectivity index (χ0n) is 5.31. The number of rotatable bonds is 1. The van der Waals surface area contributed by atoms with Crippen LogP contribution in [0.1, 0.15) is 6.92 Å². The van der Waals surface area contributed by atoms with Gasteiger partial charge in [0.25, 0.3) is 0 Å². The Kier molecular flexibility index (Phi) is 1.63. The van der Waals surface area contributed by atoms with Gasteiger partial charge in [-0.2, -0.15) is 0 Å². The number of hydrogen-bond acceptors (Lipinski definition) is 3. The molecule has 0 aromatic carbocycles. The molecule has 0 aromatic heterocycles. The van der Waals surface area contributed by atoms with Gasteiger partial charge in [0.2, 0.25) is 0 Å². The molecule has 0 atom stereocenters. The van der Waals surface area contributed by atoms with Crippen LogP contribution in [-0.2, 0) is 0 Å². The van der Waals surface area contributed by atoms with Gasteiger partial charge in [-0.05, 0) is 13.0 Å². The molecule has 9 heavy (non-hydrogen) atoms. The van der Waals surface area contributed by atoms with E-state index in [-0.39, 0.29) is 0 Å². The van der Waals surface area contributed by atoms with Crippen LogP contribution in [0, 0.1) is 5.41 Å². The minimum atomic E-state index is 0.604. The number of allylic oxidation sites excluding steroid dienone is 2. The molecule has 1 aliphatic heterocycles. The summed E-state index contributed by atoms with van der Waals surface area (Å²) in [4.78, 5) is 3.98. The van der Waals surface area contributed by atoms with Crippen LogP contribution < -0.4 is 5.32 Å². The molecule has 0 radical (unpaired) electrons. The van der Waals surface area contributed by atoms with Gasteiger partial charge in [-0.1, -0.05) is 0 Å². The summed E-state index contributed by atoms with van der Waals surface area (Å²) in [7, 11) is 0. The molecule has 3 heteroatoms. The standard InChI is InChI=1S/C6H9N3/c1-5-2-6(3-7)9-4-8-5/h2-3,7-8H,4H2,1H3. The van der Waals surface area contributed by atoms with Gasteiger partial charge in [-0.15, -0.1) is 0 Å². The highest BCUT2D eigenvalue weighted by molar-refractivity contribution is 6.35. The van der Waals surface area contributed by atoms with E-state index >= 15 is 0 Å². The van der Waals surface area contributed by atoms with Crippen molar-refractivity contribution in [3.63, 3.8) is 0 Å². The monoisotopic (exact) mass is 123 g/mol. The maximum atomic E-state index is 6.86. The van der Waals surface area contributed by atoms with Gasteiger partial charge < -0.3 is 10.7 Å². The van der Waals surface area contributed by atoms with Crippen molar-refractivity contribution < 1.29 is 0 Å². The van der Waals surface area contributed by atoms with Crippen LogP contribution in [0.2, 0.25) is 0 Å². The van der Waals surface area contributed by atoms with Crippen molar-refractivity contribution >= 4 is 11.9 Å². The highest BCUT2D eigenvalue weighted by Crippen LogP contribution is 1.93. The van der Waals surface area contributed by atoms with E-state index in [1.165, 1.54) is 6.21 Å². The Balaban J connectivity index is 2.74. The van der Waals surface area contributed by atoms with E-state index in [1.54, 1.807) is 0 Å². The number of nitrogens with one attached hydrogen (secondary N) is 2. The maximum absolute atomic E-state index is 6.86. The Morgan fingerprint density at radius 1 is 1.89 bits per heavy atom. The van der Waals surface area contributed by atoms with Crippen molar-refractivity contribution in [2.24, 2.45) is 4.99 Å². The molecular formula is C6H9N3. The van der Waals surface area contributed by atoms with Crippen LogP contribution in [0.3, 0.4) is 0 Å². The van der Waals surface area contributed by atoms with Gasteiger partial charge in [0, 0.05) is 11.9 Å². The molecule has 1 aliphatic rings. The Labute approximate surface area is 54.0 Å². The predicted octanol–water partition coefficient (Wildman–Crippen LogP) is 0.541. The van der Waals surface area contributed by atoms with E-state index in [2.05, 4.69) is 10.3 Å². The molecule has 3 nitrogen and oxygen atoms in total. The summed E-state index contributed by atoms with van der Waals surface area (Å²) in [6.45, 7) is 2.56. The Morgan fingerprint density at radius 3 is 3.11 bits per heavy atom. The smallest absolute Gasteiger partial charge is 0.108 e. The van der Waals surface area contributed by atoms with E-state index in [1.807, 2.05) is 13.0 Å². The second-order valence-electron chi connectivity index (χ2n) is 1.89. The zero-order valence-corrected chi connectivity index (χ0v) is 5.31. The van der Waals surface area contributed by atoms with Crippen LogP contribution in [0.5, 0.6) is 0 Å². The molecule has 1 rings (SSSR count). The minimum absolute atomic E-state index is 0.604. The third kappa shape index (κ3) is 1.38. The van der Waals surface area contributed by atoms with Gasteiger partial charge in [0.05, 0.1) is 5.71 Å². The first-order valence-electron chi connectivity index (χ1n) is 2.80. The SMILES string of the molecule is CC1=CC(C=N)=NCN1. The fraction of sp³-hybridized carbons (Fsp3) is 0.333. The molecule has 0 fully saturated rings. The van der Waals surface area contributed by atoms with Crippen molar-refractivity contribution in [2.45, 2.75) is 6.92 Å². The molecule has 0 aliphatic carbocycles. The second-order valence-corrected chi connectivity index (χ2v) is 1.89. The highest BCUT2D eigenvalue weighted by atomic mass is 15.0. The van der Waals surface area contributed by atoms with Gasteiger partial charge in [0.15, 0.2) is 0 Å². The zero-order chi connectivity index (χ0) is 6.69. The minimum Gasteiger partial charge on any atom is -0.370 e. The summed E-state index contributed by atoms with van der Waals surface area (Å²) < 4.78 is 0. The predicted molar refractivity (Wildman–Crippen MR) is 38.0 cm³/mol. The van der Waals surface area contributed by atoms with E-state index in [0.717, 1.165) is 11.4 Å². The average Bonchev–Trinajstić information content (AvgIpc) is 1.88. The summed E-state index contributed by atoms with van der Waals surface area (Å²) in [5.74, 6) is 0. The first-order chi connectivity index (χ1) is 4.33. The van der Waals surface area contributed by atoms with Crippen LogP contribution >= 0.6 is 0 Å². The molecule has 0 unspecified atom stereocenters. The van der Waals surface area contributed by atoms with Crippen LogP contribution in [-0.4, -0.2) is 18.6 Å². The molecular weight excluding hydrogens is 114 g/mol. The first kappa shape index (κ1) is 6.01. The molecule has 1 heterocycles. The van der Waals surface area contributed by atoms with Crippen molar-refractivity contribution in [3.05, 3.63) is 11.8 Å². The Hall–Kier alpha value is -1.12. The third-order valence-electron chi connectivity index (χ3n) is 1.13. The normalized spacial score (nSPS) is 17.4.